The molecule has 2 aliphatic heterocycles. The van der Waals surface area contributed by atoms with Gasteiger partial charge in [-0.15, -0.1) is 0 Å². The van der Waals surface area contributed by atoms with Gasteiger partial charge in [-0.05, 0) is 18.6 Å². The first-order chi connectivity index (χ1) is 16.6. The zero-order valence-corrected chi connectivity index (χ0v) is 19.2. The summed E-state index contributed by atoms with van der Waals surface area (Å²) in [7, 11) is 0. The van der Waals surface area contributed by atoms with Crippen LogP contribution in [0, 0.1) is 5.92 Å². The maximum absolute atomic E-state index is 12.7. The first-order valence-electron chi connectivity index (χ1n) is 11.5. The van der Waals surface area contributed by atoms with Crippen LogP contribution in [0.1, 0.15) is 25.3 Å². The summed E-state index contributed by atoms with van der Waals surface area (Å²) in [5, 5.41) is 61.9. The summed E-state index contributed by atoms with van der Waals surface area (Å²) in [6.07, 6.45) is -7.50. The van der Waals surface area contributed by atoms with Gasteiger partial charge in [0.15, 0.2) is 12.6 Å². The molecule has 0 amide bonds. The maximum atomic E-state index is 12.7. The van der Waals surface area contributed by atoms with Crippen LogP contribution in [0.15, 0.2) is 36.4 Å². The van der Waals surface area contributed by atoms with E-state index in [1.807, 2.05) is 30.3 Å². The molecule has 6 N–H and O–H groups in total. The summed E-state index contributed by atoms with van der Waals surface area (Å²) >= 11 is 0. The van der Waals surface area contributed by atoms with E-state index in [-0.39, 0.29) is 19.4 Å². The van der Waals surface area contributed by atoms with Gasteiger partial charge in [0.2, 0.25) is 0 Å². The molecule has 10 atom stereocenters. The highest BCUT2D eigenvalue weighted by molar-refractivity contribution is 5.87. The summed E-state index contributed by atoms with van der Waals surface area (Å²) < 4.78 is 22.6. The van der Waals surface area contributed by atoms with Gasteiger partial charge >= 0.3 is 5.97 Å². The van der Waals surface area contributed by atoms with E-state index in [1.165, 1.54) is 6.08 Å². The lowest BCUT2D eigenvalue weighted by molar-refractivity contribution is -0.367. The number of esters is 1. The van der Waals surface area contributed by atoms with E-state index in [0.717, 1.165) is 5.56 Å². The van der Waals surface area contributed by atoms with Gasteiger partial charge in [0.05, 0.1) is 25.2 Å². The Kier molecular flexibility index (Phi) is 7.62. The molecular weight excluding hydrogens is 464 g/mol. The van der Waals surface area contributed by atoms with E-state index in [2.05, 4.69) is 0 Å². The Morgan fingerprint density at radius 1 is 1.11 bits per heavy atom. The predicted molar refractivity (Wildman–Crippen MR) is 118 cm³/mol. The molecule has 1 aliphatic carbocycles. The molecular formula is C24H32O11. The van der Waals surface area contributed by atoms with Crippen molar-refractivity contribution < 1.29 is 54.4 Å². The molecule has 0 bridgehead atoms. The number of rotatable bonds is 6. The Morgan fingerprint density at radius 2 is 1.83 bits per heavy atom. The molecule has 1 aromatic carbocycles. The van der Waals surface area contributed by atoms with Crippen molar-refractivity contribution in [2.24, 2.45) is 5.92 Å². The minimum Gasteiger partial charge on any atom is -0.455 e. The smallest absolute Gasteiger partial charge is 0.331 e. The van der Waals surface area contributed by atoms with Gasteiger partial charge in [0.25, 0.3) is 0 Å². The molecule has 0 radical (unpaired) electrons. The highest BCUT2D eigenvalue weighted by atomic mass is 16.8. The molecule has 194 valence electrons. The number of carbonyl (C=O) groups is 1. The topological polar surface area (TPSA) is 175 Å². The zero-order chi connectivity index (χ0) is 25.4. The fraction of sp³-hybridized carbons (Fsp3) is 0.625. The maximum Gasteiger partial charge on any atom is 0.331 e. The van der Waals surface area contributed by atoms with Crippen molar-refractivity contribution in [3.63, 3.8) is 0 Å². The van der Waals surface area contributed by atoms with Crippen molar-refractivity contribution in [1.82, 2.24) is 0 Å². The van der Waals surface area contributed by atoms with E-state index in [4.69, 9.17) is 18.9 Å². The second-order valence-electron chi connectivity index (χ2n) is 9.49. The van der Waals surface area contributed by atoms with Gasteiger partial charge < -0.3 is 49.6 Å². The zero-order valence-electron chi connectivity index (χ0n) is 19.2. The largest absolute Gasteiger partial charge is 0.455 e. The lowest BCUT2D eigenvalue weighted by Gasteiger charge is -2.47. The van der Waals surface area contributed by atoms with Gasteiger partial charge in [0, 0.05) is 18.9 Å². The number of carbonyl (C=O) groups excluding carboxylic acids is 1. The lowest BCUT2D eigenvalue weighted by Crippen LogP contribution is -2.63. The van der Waals surface area contributed by atoms with E-state index >= 15 is 0 Å². The molecule has 2 saturated heterocycles. The molecule has 1 aromatic rings. The van der Waals surface area contributed by atoms with Crippen LogP contribution in [0.4, 0.5) is 0 Å². The van der Waals surface area contributed by atoms with E-state index < -0.39 is 72.8 Å². The predicted octanol–water partition coefficient (Wildman–Crippen LogP) is -1.32. The molecule has 11 nitrogen and oxygen atoms in total. The Morgan fingerprint density at radius 3 is 2.51 bits per heavy atom. The fourth-order valence-electron chi connectivity index (χ4n) is 5.23. The summed E-state index contributed by atoms with van der Waals surface area (Å²) in [5.74, 6) is -1.79. The van der Waals surface area contributed by atoms with Crippen LogP contribution < -0.4 is 0 Å². The number of aliphatic hydroxyl groups is 6. The third-order valence-corrected chi connectivity index (χ3v) is 7.09. The van der Waals surface area contributed by atoms with Crippen LogP contribution in [-0.2, 0) is 23.7 Å². The van der Waals surface area contributed by atoms with Crippen molar-refractivity contribution >= 4 is 12.0 Å². The SMILES string of the molecule is C[C@]1(OC(=O)/C=C/c2ccccc2)C[C@@H](O)[C@]2(O)CCO[C@@H](O[C@@H]3O[C@H](CO)[C@@H](O)[C@H](O)[C@H]3O)[C@@H]21. The third-order valence-electron chi connectivity index (χ3n) is 7.09. The third kappa shape index (κ3) is 5.01. The average Bonchev–Trinajstić information content (AvgIpc) is 3.03. The van der Waals surface area contributed by atoms with Gasteiger partial charge in [0.1, 0.15) is 35.6 Å². The standard InChI is InChI=1S/C24H32O11/c1-23(35-16(27)8-7-13-5-3-2-4-6-13)11-15(26)24(31)9-10-32-22(20(23)24)34-21-19(30)18(29)17(28)14(12-25)33-21/h2-8,14-15,17-22,25-26,28-31H,9-12H2,1H3/b8-7+/t14-,15-,17-,18+,19-,20-,21+,22+,23+,24-/m1/s1. The molecule has 0 spiro atoms. The van der Waals surface area contributed by atoms with Gasteiger partial charge in [-0.1, -0.05) is 30.3 Å². The van der Waals surface area contributed by atoms with Crippen LogP contribution in [0.5, 0.6) is 0 Å². The normalized spacial score (nSPS) is 43.7. The molecule has 11 heteroatoms. The van der Waals surface area contributed by atoms with Crippen LogP contribution in [0.25, 0.3) is 6.08 Å². The second kappa shape index (κ2) is 10.2. The summed E-state index contributed by atoms with van der Waals surface area (Å²) in [6.45, 7) is 0.890. The van der Waals surface area contributed by atoms with Gasteiger partial charge in [-0.2, -0.15) is 0 Å². The summed E-state index contributed by atoms with van der Waals surface area (Å²) in [4.78, 5) is 12.7. The Hall–Kier alpha value is -1.93. The van der Waals surface area contributed by atoms with Gasteiger partial charge in [-0.3, -0.25) is 0 Å². The minimum atomic E-state index is -1.73. The van der Waals surface area contributed by atoms with E-state index in [0.29, 0.717) is 0 Å². The molecule has 35 heavy (non-hydrogen) atoms. The number of aliphatic hydroxyl groups excluding tert-OH is 5. The number of benzene rings is 1. The van der Waals surface area contributed by atoms with E-state index in [1.54, 1.807) is 13.0 Å². The number of hydrogen-bond acceptors (Lipinski definition) is 11. The summed E-state index contributed by atoms with van der Waals surface area (Å²) in [5.41, 5.74) is -2.37. The monoisotopic (exact) mass is 496 g/mol. The van der Waals surface area contributed by atoms with Crippen LogP contribution >= 0.6 is 0 Å². The molecule has 3 fully saturated rings. The van der Waals surface area contributed by atoms with Gasteiger partial charge in [-0.25, -0.2) is 4.79 Å². The Bertz CT molecular complexity index is 908. The van der Waals surface area contributed by atoms with Crippen LogP contribution in [0.3, 0.4) is 0 Å². The molecule has 0 aromatic heterocycles. The Labute approximate surface area is 202 Å². The quantitative estimate of drug-likeness (QED) is 0.203. The molecule has 1 saturated carbocycles. The first kappa shape index (κ1) is 26.1. The summed E-state index contributed by atoms with van der Waals surface area (Å²) in [6, 6.07) is 9.10. The van der Waals surface area contributed by atoms with Crippen molar-refractivity contribution in [2.45, 2.75) is 74.1 Å². The number of ether oxygens (including phenoxy) is 4. The lowest BCUT2D eigenvalue weighted by atomic mass is 9.79. The molecule has 0 unspecified atom stereocenters. The van der Waals surface area contributed by atoms with Crippen LogP contribution in [-0.4, -0.2) is 104 Å². The van der Waals surface area contributed by atoms with Crippen molar-refractivity contribution in [2.75, 3.05) is 13.2 Å². The molecule has 3 aliphatic rings. The average molecular weight is 497 g/mol. The Balaban J connectivity index is 1.54. The van der Waals surface area contributed by atoms with Crippen molar-refractivity contribution in [3.05, 3.63) is 42.0 Å². The number of hydrogen-bond donors (Lipinski definition) is 6. The molecule has 4 rings (SSSR count). The highest BCUT2D eigenvalue weighted by Gasteiger charge is 2.67. The van der Waals surface area contributed by atoms with Crippen molar-refractivity contribution in [1.29, 1.82) is 0 Å². The molecule has 2 heterocycles. The van der Waals surface area contributed by atoms with Crippen molar-refractivity contribution in [3.8, 4) is 0 Å². The first-order valence-corrected chi connectivity index (χ1v) is 11.5. The fourth-order valence-corrected chi connectivity index (χ4v) is 5.23. The van der Waals surface area contributed by atoms with Crippen LogP contribution in [0.2, 0.25) is 0 Å². The second-order valence-corrected chi connectivity index (χ2v) is 9.49. The van der Waals surface area contributed by atoms with E-state index in [9.17, 15) is 35.4 Å². The minimum absolute atomic E-state index is 0.00984. The highest BCUT2D eigenvalue weighted by Crippen LogP contribution is 2.52. The number of fused-ring (bicyclic) bond motifs is 1.